The van der Waals surface area contributed by atoms with Crippen LogP contribution in [0.3, 0.4) is 0 Å². The van der Waals surface area contributed by atoms with Gasteiger partial charge in [-0.25, -0.2) is 0 Å². The number of carbonyl (C=O) groups is 2. The van der Waals surface area contributed by atoms with Crippen LogP contribution in [0.25, 0.3) is 0 Å². The predicted molar refractivity (Wildman–Crippen MR) is 57.5 cm³/mol. The van der Waals surface area contributed by atoms with Gasteiger partial charge in [0.1, 0.15) is 6.04 Å². The van der Waals surface area contributed by atoms with Crippen molar-refractivity contribution < 1.29 is 14.7 Å². The molecule has 16 heavy (non-hydrogen) atoms. The van der Waals surface area contributed by atoms with Gasteiger partial charge in [-0.2, -0.15) is 0 Å². The van der Waals surface area contributed by atoms with Crippen molar-refractivity contribution in [1.82, 2.24) is 10.2 Å². The Labute approximate surface area is 94.8 Å². The Bertz CT molecular complexity index is 304. The minimum Gasteiger partial charge on any atom is -0.393 e. The van der Waals surface area contributed by atoms with Crippen LogP contribution in [0.5, 0.6) is 0 Å². The quantitative estimate of drug-likeness (QED) is 0.666. The van der Waals surface area contributed by atoms with Crippen LogP contribution in [0.1, 0.15) is 26.2 Å². The van der Waals surface area contributed by atoms with Crippen LogP contribution >= 0.6 is 0 Å². The van der Waals surface area contributed by atoms with E-state index in [-0.39, 0.29) is 29.9 Å². The minimum atomic E-state index is -0.365. The molecule has 0 aromatic heterocycles. The summed E-state index contributed by atoms with van der Waals surface area (Å²) in [6.07, 6.45) is 1.54. The number of hydrogen-bond acceptors (Lipinski definition) is 3. The number of aliphatic hydroxyl groups is 1. The van der Waals surface area contributed by atoms with E-state index in [0.29, 0.717) is 25.9 Å². The molecule has 2 aliphatic rings. The third kappa shape index (κ3) is 2.19. The second-order valence-electron chi connectivity index (χ2n) is 4.73. The molecule has 2 fully saturated rings. The zero-order chi connectivity index (χ0) is 11.7. The fourth-order valence-corrected chi connectivity index (χ4v) is 2.40. The first-order valence-electron chi connectivity index (χ1n) is 5.84. The number of nitrogens with zero attached hydrogens (tertiary/aromatic N) is 1. The lowest BCUT2D eigenvalue weighted by Gasteiger charge is -2.21. The number of carbonyl (C=O) groups excluding carboxylic acids is 2. The molecule has 90 valence electrons. The van der Waals surface area contributed by atoms with Crippen LogP contribution in [0.2, 0.25) is 0 Å². The minimum absolute atomic E-state index is 0.00833. The molecule has 0 aromatic rings. The molecule has 5 nitrogen and oxygen atoms in total. The van der Waals surface area contributed by atoms with E-state index in [0.717, 1.165) is 6.42 Å². The zero-order valence-corrected chi connectivity index (χ0v) is 9.48. The topological polar surface area (TPSA) is 69.6 Å². The zero-order valence-electron chi connectivity index (χ0n) is 9.48. The first-order chi connectivity index (χ1) is 7.58. The summed E-state index contributed by atoms with van der Waals surface area (Å²) in [5, 5.41) is 12.1. The Morgan fingerprint density at radius 1 is 1.56 bits per heavy atom. The van der Waals surface area contributed by atoms with Gasteiger partial charge in [-0.3, -0.25) is 9.59 Å². The largest absolute Gasteiger partial charge is 0.393 e. The molecule has 0 aromatic carbocycles. The second-order valence-corrected chi connectivity index (χ2v) is 4.73. The SMILES string of the molecule is CC(O)C1CCN(C(=O)[C@H]2CCC(=O)N2)C1. The highest BCUT2D eigenvalue weighted by atomic mass is 16.3. The first-order valence-corrected chi connectivity index (χ1v) is 5.84. The summed E-state index contributed by atoms with van der Waals surface area (Å²) in [5.74, 6) is 0.152. The Kier molecular flexibility index (Phi) is 3.14. The number of aliphatic hydroxyl groups excluding tert-OH is 1. The molecule has 2 amide bonds. The van der Waals surface area contributed by atoms with Gasteiger partial charge in [0, 0.05) is 25.4 Å². The highest BCUT2D eigenvalue weighted by Crippen LogP contribution is 2.21. The maximum absolute atomic E-state index is 12.0. The monoisotopic (exact) mass is 226 g/mol. The average Bonchev–Trinajstić information content (AvgIpc) is 2.84. The molecule has 2 saturated heterocycles. The molecular formula is C11H18N2O3. The molecular weight excluding hydrogens is 208 g/mol. The molecule has 0 saturated carbocycles. The Morgan fingerprint density at radius 2 is 2.31 bits per heavy atom. The van der Waals surface area contributed by atoms with Gasteiger partial charge in [-0.15, -0.1) is 0 Å². The highest BCUT2D eigenvalue weighted by molar-refractivity contribution is 5.90. The lowest BCUT2D eigenvalue weighted by atomic mass is 10.0. The Balaban J connectivity index is 1.89. The molecule has 0 bridgehead atoms. The van der Waals surface area contributed by atoms with Gasteiger partial charge in [0.15, 0.2) is 0 Å². The van der Waals surface area contributed by atoms with Crippen LogP contribution < -0.4 is 5.32 Å². The van der Waals surface area contributed by atoms with E-state index in [1.807, 2.05) is 0 Å². The van der Waals surface area contributed by atoms with Crippen molar-refractivity contribution in [2.24, 2.45) is 5.92 Å². The van der Waals surface area contributed by atoms with E-state index in [4.69, 9.17) is 0 Å². The molecule has 2 aliphatic heterocycles. The third-order valence-electron chi connectivity index (χ3n) is 3.51. The Hall–Kier alpha value is -1.10. The van der Waals surface area contributed by atoms with Crippen molar-refractivity contribution in [1.29, 1.82) is 0 Å². The molecule has 3 atom stereocenters. The summed E-state index contributed by atoms with van der Waals surface area (Å²) < 4.78 is 0. The van der Waals surface area contributed by atoms with E-state index in [1.54, 1.807) is 11.8 Å². The molecule has 0 aliphatic carbocycles. The summed E-state index contributed by atoms with van der Waals surface area (Å²) in [6, 6.07) is -0.333. The predicted octanol–water partition coefficient (Wildman–Crippen LogP) is -0.506. The van der Waals surface area contributed by atoms with Crippen molar-refractivity contribution in [3.8, 4) is 0 Å². The summed E-state index contributed by atoms with van der Waals surface area (Å²) in [6.45, 7) is 3.07. The van der Waals surface area contributed by atoms with Gasteiger partial charge in [0.2, 0.25) is 11.8 Å². The molecule has 2 heterocycles. The van der Waals surface area contributed by atoms with Crippen molar-refractivity contribution >= 4 is 11.8 Å². The van der Waals surface area contributed by atoms with E-state index in [2.05, 4.69) is 5.32 Å². The van der Waals surface area contributed by atoms with Crippen molar-refractivity contribution in [3.63, 3.8) is 0 Å². The number of hydrogen-bond donors (Lipinski definition) is 2. The van der Waals surface area contributed by atoms with Gasteiger partial charge in [0.25, 0.3) is 0 Å². The maximum atomic E-state index is 12.0. The second kappa shape index (κ2) is 4.41. The van der Waals surface area contributed by atoms with Crippen LogP contribution in [-0.2, 0) is 9.59 Å². The lowest BCUT2D eigenvalue weighted by molar-refractivity contribution is -0.133. The first kappa shape index (κ1) is 11.4. The number of amides is 2. The summed E-state index contributed by atoms with van der Waals surface area (Å²) >= 11 is 0. The van der Waals surface area contributed by atoms with E-state index < -0.39 is 0 Å². The summed E-state index contributed by atoms with van der Waals surface area (Å²) in [7, 11) is 0. The lowest BCUT2D eigenvalue weighted by Crippen LogP contribution is -2.43. The smallest absolute Gasteiger partial charge is 0.245 e. The van der Waals surface area contributed by atoms with Gasteiger partial charge in [0.05, 0.1) is 6.10 Å². The van der Waals surface area contributed by atoms with Crippen LogP contribution in [0, 0.1) is 5.92 Å². The number of likely N-dealkylation sites (tertiary alicyclic amines) is 1. The van der Waals surface area contributed by atoms with Crippen molar-refractivity contribution in [2.75, 3.05) is 13.1 Å². The fourth-order valence-electron chi connectivity index (χ4n) is 2.40. The molecule has 2 rings (SSSR count). The van der Waals surface area contributed by atoms with E-state index in [9.17, 15) is 14.7 Å². The normalized spacial score (nSPS) is 31.6. The van der Waals surface area contributed by atoms with Crippen LogP contribution in [-0.4, -0.2) is 47.1 Å². The van der Waals surface area contributed by atoms with Gasteiger partial charge in [-0.1, -0.05) is 0 Å². The Morgan fingerprint density at radius 3 is 2.81 bits per heavy atom. The molecule has 5 heteroatoms. The number of rotatable bonds is 2. The standard InChI is InChI=1S/C11H18N2O3/c1-7(14)8-4-5-13(6-8)11(16)9-2-3-10(15)12-9/h7-9,14H,2-6H2,1H3,(H,12,15)/t7?,8?,9-/m1/s1. The van der Waals surface area contributed by atoms with E-state index >= 15 is 0 Å². The van der Waals surface area contributed by atoms with Gasteiger partial charge < -0.3 is 15.3 Å². The molecule has 0 radical (unpaired) electrons. The summed E-state index contributed by atoms with van der Waals surface area (Å²) in [5.41, 5.74) is 0. The molecule has 2 unspecified atom stereocenters. The van der Waals surface area contributed by atoms with Crippen molar-refractivity contribution in [2.45, 2.75) is 38.3 Å². The van der Waals surface area contributed by atoms with E-state index in [1.165, 1.54) is 0 Å². The third-order valence-corrected chi connectivity index (χ3v) is 3.51. The van der Waals surface area contributed by atoms with Crippen LogP contribution in [0.15, 0.2) is 0 Å². The highest BCUT2D eigenvalue weighted by Gasteiger charge is 2.35. The molecule has 0 spiro atoms. The number of nitrogens with one attached hydrogen (secondary N) is 1. The van der Waals surface area contributed by atoms with Gasteiger partial charge >= 0.3 is 0 Å². The average molecular weight is 226 g/mol. The molecule has 2 N–H and O–H groups in total. The van der Waals surface area contributed by atoms with Gasteiger partial charge in [-0.05, 0) is 19.8 Å². The van der Waals surface area contributed by atoms with Crippen molar-refractivity contribution in [3.05, 3.63) is 0 Å². The maximum Gasteiger partial charge on any atom is 0.245 e. The fraction of sp³-hybridized carbons (Fsp3) is 0.818. The van der Waals surface area contributed by atoms with Crippen LogP contribution in [0.4, 0.5) is 0 Å². The summed E-state index contributed by atoms with van der Waals surface area (Å²) in [4.78, 5) is 24.8.